The summed E-state index contributed by atoms with van der Waals surface area (Å²) in [5, 5.41) is 2.01. The number of hydrogen-bond acceptors (Lipinski definition) is 7. The molecule has 0 aliphatic carbocycles. The van der Waals surface area contributed by atoms with Gasteiger partial charge in [0.1, 0.15) is 17.2 Å². The summed E-state index contributed by atoms with van der Waals surface area (Å²) in [6.07, 6.45) is 0. The molecule has 0 spiro atoms. The molecule has 0 unspecified atom stereocenters. The van der Waals surface area contributed by atoms with Gasteiger partial charge in [0.2, 0.25) is 0 Å². The van der Waals surface area contributed by atoms with E-state index in [9.17, 15) is 8.42 Å². The quantitative estimate of drug-likeness (QED) is 0.645. The van der Waals surface area contributed by atoms with Crippen LogP contribution in [0.5, 0.6) is 17.2 Å². The third-order valence-electron chi connectivity index (χ3n) is 3.78. The van der Waals surface area contributed by atoms with Crippen molar-refractivity contribution in [3.05, 3.63) is 47.8 Å². The van der Waals surface area contributed by atoms with Crippen LogP contribution < -0.4 is 18.9 Å². The zero-order valence-corrected chi connectivity index (χ0v) is 16.6. The van der Waals surface area contributed by atoms with Gasteiger partial charge in [-0.2, -0.15) is 0 Å². The van der Waals surface area contributed by atoms with E-state index >= 15 is 0 Å². The molecule has 0 saturated carbocycles. The van der Waals surface area contributed by atoms with E-state index in [2.05, 4.69) is 9.71 Å². The lowest BCUT2D eigenvalue weighted by atomic mass is 10.1. The third-order valence-corrected chi connectivity index (χ3v) is 6.02. The van der Waals surface area contributed by atoms with Crippen LogP contribution in [-0.4, -0.2) is 34.7 Å². The lowest BCUT2D eigenvalue weighted by molar-refractivity contribution is 0.404. The summed E-state index contributed by atoms with van der Waals surface area (Å²) in [5.74, 6) is 1.85. The molecule has 0 aliphatic rings. The van der Waals surface area contributed by atoms with Gasteiger partial charge in [0.15, 0.2) is 5.13 Å². The minimum atomic E-state index is -3.75. The van der Waals surface area contributed by atoms with Crippen molar-refractivity contribution >= 4 is 26.5 Å². The smallest absolute Gasteiger partial charge is 0.263 e. The Kier molecular flexibility index (Phi) is 5.52. The molecule has 0 aliphatic heterocycles. The van der Waals surface area contributed by atoms with Crippen molar-refractivity contribution < 1.29 is 22.6 Å². The minimum Gasteiger partial charge on any atom is -0.497 e. The first-order chi connectivity index (χ1) is 13.0. The number of rotatable bonds is 7. The summed E-state index contributed by atoms with van der Waals surface area (Å²) in [5.41, 5.74) is 1.30. The van der Waals surface area contributed by atoms with Crippen molar-refractivity contribution in [2.45, 2.75) is 4.90 Å². The van der Waals surface area contributed by atoms with Crippen LogP contribution in [0.15, 0.2) is 52.7 Å². The Hall–Kier alpha value is -2.78. The molecule has 27 heavy (non-hydrogen) atoms. The van der Waals surface area contributed by atoms with E-state index < -0.39 is 10.0 Å². The van der Waals surface area contributed by atoms with Gasteiger partial charge in [-0.15, -0.1) is 11.3 Å². The van der Waals surface area contributed by atoms with Crippen LogP contribution in [0.3, 0.4) is 0 Å². The second-order valence-electron chi connectivity index (χ2n) is 5.39. The first-order valence-electron chi connectivity index (χ1n) is 7.81. The number of aromatic nitrogens is 1. The van der Waals surface area contributed by atoms with Crippen molar-refractivity contribution in [3.63, 3.8) is 0 Å². The molecule has 142 valence electrons. The van der Waals surface area contributed by atoms with Crippen LogP contribution in [-0.2, 0) is 10.0 Å². The van der Waals surface area contributed by atoms with Gasteiger partial charge >= 0.3 is 0 Å². The van der Waals surface area contributed by atoms with Crippen LogP contribution in [0.1, 0.15) is 0 Å². The summed E-state index contributed by atoms with van der Waals surface area (Å²) in [6.45, 7) is 0. The fourth-order valence-electron chi connectivity index (χ4n) is 2.39. The molecule has 0 amide bonds. The topological polar surface area (TPSA) is 86.8 Å². The molecule has 1 heterocycles. The number of sulfonamides is 1. The van der Waals surface area contributed by atoms with E-state index in [1.54, 1.807) is 49.9 Å². The molecule has 0 atom stereocenters. The van der Waals surface area contributed by atoms with Gasteiger partial charge in [-0.3, -0.25) is 4.72 Å². The molecule has 1 N–H and O–H groups in total. The maximum absolute atomic E-state index is 12.5. The molecule has 0 bridgehead atoms. The maximum atomic E-state index is 12.5. The van der Waals surface area contributed by atoms with Crippen LogP contribution in [0.4, 0.5) is 5.13 Å². The van der Waals surface area contributed by atoms with Gasteiger partial charge in [0, 0.05) is 10.9 Å². The highest BCUT2D eigenvalue weighted by molar-refractivity contribution is 7.93. The van der Waals surface area contributed by atoms with E-state index in [4.69, 9.17) is 14.2 Å². The molecule has 0 radical (unpaired) electrons. The fourth-order valence-corrected chi connectivity index (χ4v) is 4.35. The Bertz CT molecular complexity index is 1030. The standard InChI is InChI=1S/C18H18N2O5S2/c1-23-12-4-7-14(8-5-12)27(21,22)20-18-19-16(11-26-18)15-10-13(24-2)6-9-17(15)25-3/h4-11H,1-3H3,(H,19,20). The van der Waals surface area contributed by atoms with Crippen molar-refractivity contribution in [1.29, 1.82) is 0 Å². The molecule has 9 heteroatoms. The summed E-state index contributed by atoms with van der Waals surface area (Å²) in [7, 11) is 0.901. The summed E-state index contributed by atoms with van der Waals surface area (Å²) in [4.78, 5) is 4.50. The molecule has 0 saturated heterocycles. The molecule has 0 fully saturated rings. The second kappa shape index (κ2) is 7.85. The molecule has 1 aromatic heterocycles. The predicted molar refractivity (Wildman–Crippen MR) is 104 cm³/mol. The van der Waals surface area contributed by atoms with Crippen molar-refractivity contribution in [3.8, 4) is 28.5 Å². The Balaban J connectivity index is 1.87. The molecule has 3 rings (SSSR count). The maximum Gasteiger partial charge on any atom is 0.263 e. The van der Waals surface area contributed by atoms with Crippen LogP contribution in [0, 0.1) is 0 Å². The van der Waals surface area contributed by atoms with E-state index in [1.807, 2.05) is 0 Å². The average Bonchev–Trinajstić information content (AvgIpc) is 3.15. The Morgan fingerprint density at radius 3 is 2.22 bits per heavy atom. The lowest BCUT2D eigenvalue weighted by Crippen LogP contribution is -2.12. The minimum absolute atomic E-state index is 0.124. The number of benzene rings is 2. The monoisotopic (exact) mass is 406 g/mol. The van der Waals surface area contributed by atoms with Gasteiger partial charge in [-0.1, -0.05) is 0 Å². The van der Waals surface area contributed by atoms with E-state index in [0.717, 1.165) is 0 Å². The Labute approximate surface area is 161 Å². The van der Waals surface area contributed by atoms with E-state index in [1.165, 1.54) is 30.6 Å². The summed E-state index contributed by atoms with van der Waals surface area (Å²) >= 11 is 1.18. The van der Waals surface area contributed by atoms with Crippen molar-refractivity contribution in [2.75, 3.05) is 26.1 Å². The average molecular weight is 406 g/mol. The van der Waals surface area contributed by atoms with E-state index in [0.29, 0.717) is 28.5 Å². The Morgan fingerprint density at radius 2 is 1.59 bits per heavy atom. The van der Waals surface area contributed by atoms with Crippen LogP contribution in [0.25, 0.3) is 11.3 Å². The summed E-state index contributed by atoms with van der Waals surface area (Å²) in [6, 6.07) is 11.5. The predicted octanol–water partition coefficient (Wildman–Crippen LogP) is 3.64. The summed E-state index contributed by atoms with van der Waals surface area (Å²) < 4.78 is 43.2. The number of ether oxygens (including phenoxy) is 3. The normalized spacial score (nSPS) is 11.1. The number of hydrogen-bond donors (Lipinski definition) is 1. The molecular weight excluding hydrogens is 388 g/mol. The second-order valence-corrected chi connectivity index (χ2v) is 7.93. The molecule has 7 nitrogen and oxygen atoms in total. The molecule has 3 aromatic rings. The highest BCUT2D eigenvalue weighted by Crippen LogP contribution is 2.35. The molecule has 2 aromatic carbocycles. The number of methoxy groups -OCH3 is 3. The first-order valence-corrected chi connectivity index (χ1v) is 10.2. The zero-order valence-electron chi connectivity index (χ0n) is 14.9. The van der Waals surface area contributed by atoms with E-state index in [-0.39, 0.29) is 10.0 Å². The number of nitrogens with zero attached hydrogens (tertiary/aromatic N) is 1. The molecular formula is C18H18N2O5S2. The van der Waals surface area contributed by atoms with Gasteiger partial charge < -0.3 is 14.2 Å². The fraction of sp³-hybridized carbons (Fsp3) is 0.167. The van der Waals surface area contributed by atoms with Gasteiger partial charge in [0.25, 0.3) is 10.0 Å². The highest BCUT2D eigenvalue weighted by atomic mass is 32.2. The largest absolute Gasteiger partial charge is 0.497 e. The van der Waals surface area contributed by atoms with Gasteiger partial charge in [-0.05, 0) is 42.5 Å². The number of nitrogens with one attached hydrogen (secondary N) is 1. The first kappa shape index (κ1) is 19.0. The van der Waals surface area contributed by atoms with Crippen LogP contribution >= 0.6 is 11.3 Å². The van der Waals surface area contributed by atoms with Crippen molar-refractivity contribution in [2.24, 2.45) is 0 Å². The van der Waals surface area contributed by atoms with Gasteiger partial charge in [0.05, 0.1) is 31.9 Å². The van der Waals surface area contributed by atoms with Crippen LogP contribution in [0.2, 0.25) is 0 Å². The lowest BCUT2D eigenvalue weighted by Gasteiger charge is -2.08. The van der Waals surface area contributed by atoms with Gasteiger partial charge in [-0.25, -0.2) is 13.4 Å². The zero-order chi connectivity index (χ0) is 19.4. The third kappa shape index (κ3) is 4.15. The number of thiazole rings is 1. The van der Waals surface area contributed by atoms with Crippen molar-refractivity contribution in [1.82, 2.24) is 4.98 Å². The SMILES string of the molecule is COc1ccc(S(=O)(=O)Nc2nc(-c3cc(OC)ccc3OC)cs2)cc1. The Morgan fingerprint density at radius 1 is 0.926 bits per heavy atom. The number of anilines is 1. The highest BCUT2D eigenvalue weighted by Gasteiger charge is 2.18.